The molecule has 1 amide bonds. The fourth-order valence-electron chi connectivity index (χ4n) is 3.25. The van der Waals surface area contributed by atoms with E-state index < -0.39 is 0 Å². The van der Waals surface area contributed by atoms with Gasteiger partial charge in [-0.2, -0.15) is 0 Å². The normalized spacial score (nSPS) is 21.6. The molecule has 0 atom stereocenters. The molecule has 0 bridgehead atoms. The summed E-state index contributed by atoms with van der Waals surface area (Å²) in [6.07, 6.45) is 5.33. The lowest BCUT2D eigenvalue weighted by Crippen LogP contribution is -2.51. The predicted molar refractivity (Wildman–Crippen MR) is 80.5 cm³/mol. The summed E-state index contributed by atoms with van der Waals surface area (Å²) in [5, 5.41) is 0.735. The quantitative estimate of drug-likeness (QED) is 0.911. The number of carbonyl (C=O) groups is 1. The lowest BCUT2D eigenvalue weighted by atomic mass is 10.1. The van der Waals surface area contributed by atoms with Crippen LogP contribution in [-0.2, 0) is 0 Å². The average molecular weight is 316 g/mol. The third-order valence-corrected chi connectivity index (χ3v) is 5.09. The number of aromatic amines is 1. The lowest BCUT2D eigenvalue weighted by molar-refractivity contribution is 0.0568. The highest BCUT2D eigenvalue weighted by atomic mass is 35.5. The molecule has 110 valence electrons. The van der Waals surface area contributed by atoms with E-state index in [1.54, 1.807) is 6.07 Å². The first-order valence-electron chi connectivity index (χ1n) is 7.22. The van der Waals surface area contributed by atoms with Crippen LogP contribution < -0.4 is 0 Å². The number of halogens is 2. The summed E-state index contributed by atoms with van der Waals surface area (Å²) in [6, 6.07) is 2.34. The molecule has 1 aromatic heterocycles. The van der Waals surface area contributed by atoms with Gasteiger partial charge >= 0.3 is 0 Å². The molecule has 1 N–H and O–H groups in total. The molecule has 20 heavy (non-hydrogen) atoms. The Bertz CT molecular complexity index is 469. The standard InChI is InChI=1S/C14H19Cl2N3O/c15-11-9-12(17-13(11)16)14(20)19-7-5-18(6-8-19)10-3-1-2-4-10/h9-10,17H,1-8H2. The Morgan fingerprint density at radius 3 is 2.35 bits per heavy atom. The lowest BCUT2D eigenvalue weighted by Gasteiger charge is -2.37. The SMILES string of the molecule is O=C(c1cc(Cl)c(Cl)[nH]1)N1CCN(C2CCCC2)CC1. The molecular weight excluding hydrogens is 297 g/mol. The van der Waals surface area contributed by atoms with Gasteiger partial charge in [0.05, 0.1) is 5.02 Å². The maximum absolute atomic E-state index is 12.4. The van der Waals surface area contributed by atoms with E-state index in [1.807, 2.05) is 4.90 Å². The molecule has 1 aliphatic heterocycles. The van der Waals surface area contributed by atoms with E-state index in [-0.39, 0.29) is 5.91 Å². The molecule has 1 saturated carbocycles. The minimum atomic E-state index is -0.00938. The average Bonchev–Trinajstić information content (AvgIpc) is 3.09. The molecule has 0 unspecified atom stereocenters. The minimum Gasteiger partial charge on any atom is -0.340 e. The van der Waals surface area contributed by atoms with E-state index in [2.05, 4.69) is 9.88 Å². The summed E-state index contributed by atoms with van der Waals surface area (Å²) in [5.74, 6) is -0.00938. The first-order chi connectivity index (χ1) is 9.65. The van der Waals surface area contributed by atoms with Gasteiger partial charge < -0.3 is 9.88 Å². The van der Waals surface area contributed by atoms with E-state index in [1.165, 1.54) is 25.7 Å². The molecular formula is C14H19Cl2N3O. The van der Waals surface area contributed by atoms with Gasteiger partial charge in [-0.1, -0.05) is 36.0 Å². The van der Waals surface area contributed by atoms with E-state index in [0.717, 1.165) is 32.2 Å². The number of amides is 1. The van der Waals surface area contributed by atoms with Crippen molar-refractivity contribution in [2.45, 2.75) is 31.7 Å². The zero-order valence-electron chi connectivity index (χ0n) is 11.4. The Balaban J connectivity index is 1.58. The number of nitrogens with zero attached hydrogens (tertiary/aromatic N) is 2. The molecule has 2 fully saturated rings. The topological polar surface area (TPSA) is 39.3 Å². The zero-order valence-corrected chi connectivity index (χ0v) is 12.9. The number of hydrogen-bond donors (Lipinski definition) is 1. The molecule has 1 aliphatic carbocycles. The predicted octanol–water partition coefficient (Wildman–Crippen LogP) is 3.02. The van der Waals surface area contributed by atoms with Crippen LogP contribution in [0.15, 0.2) is 6.07 Å². The molecule has 1 saturated heterocycles. The third-order valence-electron chi connectivity index (χ3n) is 4.40. The summed E-state index contributed by atoms with van der Waals surface area (Å²) >= 11 is 11.7. The number of hydrogen-bond acceptors (Lipinski definition) is 2. The van der Waals surface area contributed by atoms with Crippen LogP contribution in [0, 0.1) is 0 Å². The Morgan fingerprint density at radius 2 is 1.80 bits per heavy atom. The highest BCUT2D eigenvalue weighted by molar-refractivity contribution is 6.41. The first kappa shape index (κ1) is 14.2. The van der Waals surface area contributed by atoms with Gasteiger partial charge in [-0.25, -0.2) is 0 Å². The summed E-state index contributed by atoms with van der Waals surface area (Å²) in [4.78, 5) is 19.6. The molecule has 0 spiro atoms. The van der Waals surface area contributed by atoms with E-state index in [4.69, 9.17) is 23.2 Å². The van der Waals surface area contributed by atoms with Crippen LogP contribution >= 0.6 is 23.2 Å². The maximum Gasteiger partial charge on any atom is 0.270 e. The van der Waals surface area contributed by atoms with Gasteiger partial charge in [0.15, 0.2) is 0 Å². The second-order valence-corrected chi connectivity index (χ2v) is 6.40. The smallest absolute Gasteiger partial charge is 0.270 e. The van der Waals surface area contributed by atoms with Crippen molar-refractivity contribution in [1.82, 2.24) is 14.8 Å². The number of carbonyl (C=O) groups excluding carboxylic acids is 1. The van der Waals surface area contributed by atoms with Crippen molar-refractivity contribution in [3.8, 4) is 0 Å². The summed E-state index contributed by atoms with van der Waals surface area (Å²) in [6.45, 7) is 3.50. The van der Waals surface area contributed by atoms with Crippen molar-refractivity contribution >= 4 is 29.1 Å². The fourth-order valence-corrected chi connectivity index (χ4v) is 3.56. The van der Waals surface area contributed by atoms with Crippen LogP contribution in [0.3, 0.4) is 0 Å². The highest BCUT2D eigenvalue weighted by Gasteiger charge is 2.28. The molecule has 6 heteroatoms. The van der Waals surface area contributed by atoms with Crippen molar-refractivity contribution in [2.24, 2.45) is 0 Å². The Labute approximate surface area is 129 Å². The number of piperazine rings is 1. The second kappa shape index (κ2) is 5.96. The van der Waals surface area contributed by atoms with Crippen LogP contribution in [0.5, 0.6) is 0 Å². The van der Waals surface area contributed by atoms with Gasteiger partial charge in [-0.3, -0.25) is 9.69 Å². The van der Waals surface area contributed by atoms with Gasteiger partial charge in [-0.05, 0) is 18.9 Å². The molecule has 0 aromatic carbocycles. The number of rotatable bonds is 2. The van der Waals surface area contributed by atoms with Crippen LogP contribution in [0.2, 0.25) is 10.2 Å². The van der Waals surface area contributed by atoms with E-state index in [9.17, 15) is 4.79 Å². The van der Waals surface area contributed by atoms with Gasteiger partial charge in [0, 0.05) is 32.2 Å². The van der Waals surface area contributed by atoms with Crippen LogP contribution in [0.4, 0.5) is 0 Å². The van der Waals surface area contributed by atoms with Crippen molar-refractivity contribution in [3.63, 3.8) is 0 Å². The van der Waals surface area contributed by atoms with Crippen molar-refractivity contribution in [1.29, 1.82) is 0 Å². The van der Waals surface area contributed by atoms with Crippen LogP contribution in [0.25, 0.3) is 0 Å². The van der Waals surface area contributed by atoms with Crippen molar-refractivity contribution in [2.75, 3.05) is 26.2 Å². The summed E-state index contributed by atoms with van der Waals surface area (Å²) < 4.78 is 0. The van der Waals surface area contributed by atoms with Crippen molar-refractivity contribution in [3.05, 3.63) is 21.9 Å². The molecule has 1 aromatic rings. The maximum atomic E-state index is 12.4. The number of nitrogens with one attached hydrogen (secondary N) is 1. The second-order valence-electron chi connectivity index (χ2n) is 5.61. The largest absolute Gasteiger partial charge is 0.340 e. The molecule has 4 nitrogen and oxygen atoms in total. The van der Waals surface area contributed by atoms with Gasteiger partial charge in [-0.15, -0.1) is 0 Å². The number of aromatic nitrogens is 1. The molecule has 2 heterocycles. The molecule has 2 aliphatic rings. The Kier molecular flexibility index (Phi) is 4.24. The number of H-pyrrole nitrogens is 1. The van der Waals surface area contributed by atoms with Gasteiger partial charge in [0.2, 0.25) is 0 Å². The minimum absolute atomic E-state index is 0.00938. The Hall–Kier alpha value is -0.710. The zero-order chi connectivity index (χ0) is 14.1. The summed E-state index contributed by atoms with van der Waals surface area (Å²) in [7, 11) is 0. The van der Waals surface area contributed by atoms with E-state index >= 15 is 0 Å². The fraction of sp³-hybridized carbons (Fsp3) is 0.643. The monoisotopic (exact) mass is 315 g/mol. The van der Waals surface area contributed by atoms with Gasteiger partial charge in [0.25, 0.3) is 5.91 Å². The van der Waals surface area contributed by atoms with Crippen LogP contribution in [0.1, 0.15) is 36.2 Å². The van der Waals surface area contributed by atoms with E-state index in [0.29, 0.717) is 15.9 Å². The Morgan fingerprint density at radius 1 is 1.15 bits per heavy atom. The highest BCUT2D eigenvalue weighted by Crippen LogP contribution is 2.25. The molecule has 3 rings (SSSR count). The van der Waals surface area contributed by atoms with Gasteiger partial charge in [0.1, 0.15) is 10.8 Å². The van der Waals surface area contributed by atoms with Crippen molar-refractivity contribution < 1.29 is 4.79 Å². The first-order valence-corrected chi connectivity index (χ1v) is 7.98. The third kappa shape index (κ3) is 2.83. The molecule has 0 radical (unpaired) electrons. The summed E-state index contributed by atoms with van der Waals surface area (Å²) in [5.41, 5.74) is 0.481. The van der Waals surface area contributed by atoms with Crippen LogP contribution in [-0.4, -0.2) is 52.9 Å².